The molecule has 1 fully saturated rings. The van der Waals surface area contributed by atoms with E-state index >= 15 is 0 Å². The lowest BCUT2D eigenvalue weighted by Crippen LogP contribution is -2.38. The van der Waals surface area contributed by atoms with Crippen LogP contribution in [0, 0.1) is 0 Å². The van der Waals surface area contributed by atoms with Gasteiger partial charge in [0.15, 0.2) is 0 Å². The van der Waals surface area contributed by atoms with Crippen molar-refractivity contribution in [2.24, 2.45) is 4.99 Å². The van der Waals surface area contributed by atoms with E-state index in [0.717, 1.165) is 0 Å². The number of pyridine rings is 1. The van der Waals surface area contributed by atoms with Crippen LogP contribution in [0.15, 0.2) is 41.7 Å². The number of nitrogen functional groups attached to an aromatic ring is 1. The largest absolute Gasteiger partial charge is 0.383 e. The Morgan fingerprint density at radius 2 is 1.81 bits per heavy atom. The SMILES string of the molecule is CN=Cc1cc(-c2cnc3ccc(C(=O)N4CC(F)(F)C(F)(F)C4)cc3n2)cnc1N. The van der Waals surface area contributed by atoms with Crippen LogP contribution in [-0.4, -0.2) is 64.0 Å². The first kappa shape index (κ1) is 20.6. The summed E-state index contributed by atoms with van der Waals surface area (Å²) in [4.78, 5) is 29.7. The molecule has 7 nitrogen and oxygen atoms in total. The summed E-state index contributed by atoms with van der Waals surface area (Å²) in [5.41, 5.74) is 8.11. The quantitative estimate of drug-likeness (QED) is 0.507. The molecule has 31 heavy (non-hydrogen) atoms. The number of benzene rings is 1. The number of fused-ring (bicyclic) bond motifs is 1. The van der Waals surface area contributed by atoms with Crippen molar-refractivity contribution in [2.45, 2.75) is 11.8 Å². The van der Waals surface area contributed by atoms with Gasteiger partial charge in [0.05, 0.1) is 36.0 Å². The summed E-state index contributed by atoms with van der Waals surface area (Å²) in [5.74, 6) is -9.18. The van der Waals surface area contributed by atoms with Crippen molar-refractivity contribution >= 4 is 29.0 Å². The number of hydrogen-bond acceptors (Lipinski definition) is 6. The summed E-state index contributed by atoms with van der Waals surface area (Å²) in [5, 5.41) is 0. The molecule has 1 aliphatic heterocycles. The topological polar surface area (TPSA) is 97.4 Å². The maximum Gasteiger partial charge on any atom is 0.329 e. The average molecular weight is 432 g/mol. The predicted molar refractivity (Wildman–Crippen MR) is 106 cm³/mol. The number of amides is 1. The second kappa shape index (κ2) is 7.25. The normalized spacial score (nSPS) is 17.5. The number of alkyl halides is 4. The molecule has 0 aliphatic carbocycles. The number of anilines is 1. The van der Waals surface area contributed by atoms with Gasteiger partial charge in [0.1, 0.15) is 5.82 Å². The van der Waals surface area contributed by atoms with Crippen LogP contribution in [0.5, 0.6) is 0 Å². The molecule has 0 radical (unpaired) electrons. The Bertz CT molecular complexity index is 1200. The van der Waals surface area contributed by atoms with Gasteiger partial charge >= 0.3 is 11.8 Å². The summed E-state index contributed by atoms with van der Waals surface area (Å²) in [7, 11) is 1.59. The van der Waals surface area contributed by atoms with Crippen LogP contribution in [0.1, 0.15) is 15.9 Å². The highest BCUT2D eigenvalue weighted by Gasteiger charge is 2.63. The monoisotopic (exact) mass is 432 g/mol. The minimum Gasteiger partial charge on any atom is -0.383 e. The molecule has 1 aliphatic rings. The zero-order chi connectivity index (χ0) is 22.4. The molecule has 3 aromatic rings. The van der Waals surface area contributed by atoms with Gasteiger partial charge in [-0.05, 0) is 24.3 Å². The molecule has 4 rings (SSSR count). The van der Waals surface area contributed by atoms with Crippen molar-refractivity contribution in [1.82, 2.24) is 19.9 Å². The van der Waals surface area contributed by atoms with Gasteiger partial charge in [0.25, 0.3) is 5.91 Å². The van der Waals surface area contributed by atoms with E-state index in [1.807, 2.05) is 0 Å². The number of carbonyl (C=O) groups is 1. The van der Waals surface area contributed by atoms with Crippen molar-refractivity contribution in [2.75, 3.05) is 25.9 Å². The van der Waals surface area contributed by atoms with E-state index in [1.165, 1.54) is 30.6 Å². The zero-order valence-electron chi connectivity index (χ0n) is 16.2. The van der Waals surface area contributed by atoms with Gasteiger partial charge in [-0.2, -0.15) is 17.6 Å². The van der Waals surface area contributed by atoms with Gasteiger partial charge in [-0.1, -0.05) is 0 Å². The van der Waals surface area contributed by atoms with E-state index in [9.17, 15) is 22.4 Å². The van der Waals surface area contributed by atoms with E-state index in [1.54, 1.807) is 19.3 Å². The molecule has 160 valence electrons. The highest BCUT2D eigenvalue weighted by atomic mass is 19.3. The number of carbonyl (C=O) groups excluding carboxylic acids is 1. The van der Waals surface area contributed by atoms with Gasteiger partial charge in [-0.15, -0.1) is 0 Å². The molecule has 2 N–H and O–H groups in total. The Balaban J connectivity index is 1.69. The van der Waals surface area contributed by atoms with Crippen molar-refractivity contribution in [1.29, 1.82) is 0 Å². The van der Waals surface area contributed by atoms with Crippen LogP contribution in [-0.2, 0) is 0 Å². The van der Waals surface area contributed by atoms with Gasteiger partial charge in [0, 0.05) is 36.1 Å². The van der Waals surface area contributed by atoms with Gasteiger partial charge in [0.2, 0.25) is 0 Å². The Labute approximate surface area is 173 Å². The molecule has 1 saturated heterocycles. The molecular formula is C20H16F4N6O. The molecule has 0 unspecified atom stereocenters. The third kappa shape index (κ3) is 3.66. The number of aromatic nitrogens is 3. The molecule has 0 saturated carbocycles. The van der Waals surface area contributed by atoms with Crippen LogP contribution in [0.4, 0.5) is 23.4 Å². The van der Waals surface area contributed by atoms with E-state index < -0.39 is 30.8 Å². The van der Waals surface area contributed by atoms with Crippen LogP contribution in [0.3, 0.4) is 0 Å². The van der Waals surface area contributed by atoms with Crippen LogP contribution < -0.4 is 5.73 Å². The van der Waals surface area contributed by atoms with E-state index in [-0.39, 0.29) is 11.4 Å². The maximum absolute atomic E-state index is 13.5. The fourth-order valence-electron chi connectivity index (χ4n) is 3.25. The van der Waals surface area contributed by atoms with E-state index in [0.29, 0.717) is 32.8 Å². The average Bonchev–Trinajstić information content (AvgIpc) is 2.95. The number of nitrogens with two attached hydrogens (primary N) is 1. The number of nitrogens with zero attached hydrogens (tertiary/aromatic N) is 5. The Morgan fingerprint density at radius 3 is 2.48 bits per heavy atom. The third-order valence-electron chi connectivity index (χ3n) is 4.90. The summed E-state index contributed by atoms with van der Waals surface area (Å²) in [6.45, 7) is -2.69. The molecule has 2 aromatic heterocycles. The van der Waals surface area contributed by atoms with Crippen molar-refractivity contribution < 1.29 is 22.4 Å². The lowest BCUT2D eigenvalue weighted by Gasteiger charge is -2.15. The molecule has 3 heterocycles. The Kier molecular flexibility index (Phi) is 4.83. The first-order chi connectivity index (χ1) is 14.6. The molecule has 11 heteroatoms. The van der Waals surface area contributed by atoms with E-state index in [4.69, 9.17) is 5.73 Å². The Morgan fingerprint density at radius 1 is 1.10 bits per heavy atom. The number of rotatable bonds is 3. The fourth-order valence-corrected chi connectivity index (χ4v) is 3.25. The van der Waals surface area contributed by atoms with Crippen LogP contribution in [0.25, 0.3) is 22.3 Å². The molecule has 0 atom stereocenters. The molecule has 0 spiro atoms. The first-order valence-electron chi connectivity index (χ1n) is 9.11. The smallest absolute Gasteiger partial charge is 0.329 e. The summed E-state index contributed by atoms with van der Waals surface area (Å²) in [6, 6.07) is 5.87. The summed E-state index contributed by atoms with van der Waals surface area (Å²) < 4.78 is 53.9. The molecule has 0 bridgehead atoms. The maximum atomic E-state index is 13.5. The highest BCUT2D eigenvalue weighted by Crippen LogP contribution is 2.41. The van der Waals surface area contributed by atoms with Gasteiger partial charge in [-0.3, -0.25) is 14.8 Å². The minimum atomic E-state index is -4.27. The first-order valence-corrected chi connectivity index (χ1v) is 9.11. The second-order valence-electron chi connectivity index (χ2n) is 7.11. The van der Waals surface area contributed by atoms with Crippen LogP contribution >= 0.6 is 0 Å². The minimum absolute atomic E-state index is 0.0401. The number of halogens is 4. The van der Waals surface area contributed by atoms with Crippen molar-refractivity contribution in [3.63, 3.8) is 0 Å². The molecule has 1 amide bonds. The third-order valence-corrected chi connectivity index (χ3v) is 4.90. The fraction of sp³-hybridized carbons (Fsp3) is 0.250. The van der Waals surface area contributed by atoms with Gasteiger partial charge in [-0.25, -0.2) is 9.97 Å². The highest BCUT2D eigenvalue weighted by molar-refractivity contribution is 5.97. The number of hydrogen-bond donors (Lipinski definition) is 1. The summed E-state index contributed by atoms with van der Waals surface area (Å²) >= 11 is 0. The second-order valence-corrected chi connectivity index (χ2v) is 7.11. The standard InChI is InChI=1S/C20H16F4N6O/c1-26-6-13-4-12(7-28-17(13)25)16-8-27-14-3-2-11(5-15(14)29-16)18(31)30-9-19(21,22)20(23,24)10-30/h2-8H,9-10H2,1H3,(H2,25,28). The van der Waals surface area contributed by atoms with Crippen LogP contribution in [0.2, 0.25) is 0 Å². The Hall–Kier alpha value is -3.63. The van der Waals surface area contributed by atoms with Crippen molar-refractivity contribution in [3.05, 3.63) is 47.8 Å². The lowest BCUT2D eigenvalue weighted by molar-refractivity contribution is -0.172. The van der Waals surface area contributed by atoms with Gasteiger partial charge < -0.3 is 10.6 Å². The summed E-state index contributed by atoms with van der Waals surface area (Å²) in [6.07, 6.45) is 4.55. The predicted octanol–water partition coefficient (Wildman–Crippen LogP) is 3.05. The number of likely N-dealkylation sites (tertiary alicyclic amines) is 1. The van der Waals surface area contributed by atoms with E-state index in [2.05, 4.69) is 19.9 Å². The molecule has 1 aromatic carbocycles. The lowest BCUT2D eigenvalue weighted by atomic mass is 10.1. The van der Waals surface area contributed by atoms with Crippen molar-refractivity contribution in [3.8, 4) is 11.3 Å². The molecular weight excluding hydrogens is 416 g/mol. The number of aliphatic imine (C=N–C) groups is 1. The zero-order valence-corrected chi connectivity index (χ0v) is 16.2.